The number of rotatable bonds is 8. The number of hydrogen-bond acceptors (Lipinski definition) is 3. The fraction of sp³-hybridized carbons (Fsp3) is 0.381. The van der Waals surface area contributed by atoms with Gasteiger partial charge in [0.15, 0.2) is 6.10 Å². The fourth-order valence-electron chi connectivity index (χ4n) is 3.16. The maximum atomic E-state index is 13.5. The number of methoxy groups -OCH3 is 1. The Morgan fingerprint density at radius 1 is 1.21 bits per heavy atom. The number of carbonyl (C=O) groups is 1. The standard InChI is InChI=1S/C21H23ClF3NO3/c1-4-20(2,12-18(27)28)13-5-10-16(19(29-3)21(23,24)25)17(11-13)26-15-8-6-14(22)7-9-15/h5-11,19,26H,4,12H2,1-3H3,(H,27,28)/t19-,20-/m1/s1. The summed E-state index contributed by atoms with van der Waals surface area (Å²) in [5.41, 5.74) is 0.536. The fourth-order valence-corrected chi connectivity index (χ4v) is 3.29. The summed E-state index contributed by atoms with van der Waals surface area (Å²) in [4.78, 5) is 11.3. The molecule has 0 unspecified atom stereocenters. The first-order valence-electron chi connectivity index (χ1n) is 8.98. The summed E-state index contributed by atoms with van der Waals surface area (Å²) in [6.07, 6.45) is -6.37. The Hall–Kier alpha value is -2.25. The summed E-state index contributed by atoms with van der Waals surface area (Å²) in [5.74, 6) is -0.976. The molecule has 0 aliphatic rings. The van der Waals surface area contributed by atoms with E-state index in [1.165, 1.54) is 12.1 Å². The molecule has 2 aromatic rings. The van der Waals surface area contributed by atoms with Crippen LogP contribution in [-0.2, 0) is 14.9 Å². The van der Waals surface area contributed by atoms with Crippen molar-refractivity contribution in [3.8, 4) is 0 Å². The summed E-state index contributed by atoms with van der Waals surface area (Å²) >= 11 is 5.88. The molecule has 8 heteroatoms. The van der Waals surface area contributed by atoms with Gasteiger partial charge in [-0.05, 0) is 42.3 Å². The van der Waals surface area contributed by atoms with E-state index >= 15 is 0 Å². The Bertz CT molecular complexity index is 855. The first-order valence-corrected chi connectivity index (χ1v) is 9.36. The number of aliphatic carboxylic acids is 1. The number of halogens is 4. The van der Waals surface area contributed by atoms with Gasteiger partial charge in [-0.1, -0.05) is 37.6 Å². The molecule has 0 aliphatic carbocycles. The van der Waals surface area contributed by atoms with Gasteiger partial charge in [0.1, 0.15) is 0 Å². The highest BCUT2D eigenvalue weighted by Gasteiger charge is 2.42. The summed E-state index contributed by atoms with van der Waals surface area (Å²) in [5, 5.41) is 12.7. The molecule has 0 saturated carbocycles. The molecule has 0 spiro atoms. The number of ether oxygens (including phenoxy) is 1. The zero-order valence-corrected chi connectivity index (χ0v) is 17.1. The van der Waals surface area contributed by atoms with Crippen molar-refractivity contribution in [1.29, 1.82) is 0 Å². The number of carboxylic acids is 1. The van der Waals surface area contributed by atoms with Crippen LogP contribution in [0.5, 0.6) is 0 Å². The largest absolute Gasteiger partial charge is 0.481 e. The van der Waals surface area contributed by atoms with Crippen LogP contribution in [0.2, 0.25) is 5.02 Å². The molecule has 0 aliphatic heterocycles. The molecule has 0 aromatic heterocycles. The molecule has 29 heavy (non-hydrogen) atoms. The molecule has 0 bridgehead atoms. The second-order valence-electron chi connectivity index (χ2n) is 7.08. The SMILES string of the molecule is CC[C@](C)(CC(=O)O)c1ccc([C@@H](OC)C(F)(F)F)c(Nc2ccc(Cl)cc2)c1. The van der Waals surface area contributed by atoms with Gasteiger partial charge >= 0.3 is 12.1 Å². The highest BCUT2D eigenvalue weighted by Crippen LogP contribution is 2.42. The molecule has 0 amide bonds. The van der Waals surface area contributed by atoms with Crippen LogP contribution in [0.25, 0.3) is 0 Å². The average molecular weight is 430 g/mol. The predicted molar refractivity (Wildman–Crippen MR) is 107 cm³/mol. The normalized spacial score (nSPS) is 14.9. The minimum atomic E-state index is -4.61. The Kier molecular flexibility index (Phi) is 7.19. The molecule has 4 nitrogen and oxygen atoms in total. The van der Waals surface area contributed by atoms with Crippen molar-refractivity contribution < 1.29 is 27.8 Å². The van der Waals surface area contributed by atoms with Crippen LogP contribution in [0.1, 0.15) is 43.9 Å². The maximum absolute atomic E-state index is 13.5. The van der Waals surface area contributed by atoms with E-state index in [0.29, 0.717) is 22.7 Å². The highest BCUT2D eigenvalue weighted by atomic mass is 35.5. The molecule has 0 fully saturated rings. The Balaban J connectivity index is 2.59. The molecule has 0 saturated heterocycles. The van der Waals surface area contributed by atoms with Gasteiger partial charge in [-0.3, -0.25) is 4.79 Å². The predicted octanol–water partition coefficient (Wildman–Crippen LogP) is 6.48. The number of nitrogens with one attached hydrogen (secondary N) is 1. The minimum Gasteiger partial charge on any atom is -0.481 e. The van der Waals surface area contributed by atoms with Crippen molar-refractivity contribution in [2.75, 3.05) is 12.4 Å². The van der Waals surface area contributed by atoms with Gasteiger partial charge in [-0.2, -0.15) is 13.2 Å². The third-order valence-corrected chi connectivity index (χ3v) is 5.26. The lowest BCUT2D eigenvalue weighted by Crippen LogP contribution is -2.26. The number of hydrogen-bond donors (Lipinski definition) is 2. The second-order valence-corrected chi connectivity index (χ2v) is 7.51. The third kappa shape index (κ3) is 5.64. The van der Waals surface area contributed by atoms with E-state index < -0.39 is 23.7 Å². The summed E-state index contributed by atoms with van der Waals surface area (Å²) in [7, 11) is 0.999. The first kappa shape index (κ1) is 23.0. The quantitative estimate of drug-likeness (QED) is 0.504. The van der Waals surface area contributed by atoms with Crippen molar-refractivity contribution in [3.63, 3.8) is 0 Å². The summed E-state index contributed by atoms with van der Waals surface area (Å²) in [6, 6.07) is 11.0. The van der Waals surface area contributed by atoms with Crippen molar-refractivity contribution in [1.82, 2.24) is 0 Å². The second kappa shape index (κ2) is 9.05. The zero-order valence-electron chi connectivity index (χ0n) is 16.3. The van der Waals surface area contributed by atoms with Crippen molar-refractivity contribution in [2.24, 2.45) is 0 Å². The van der Waals surface area contributed by atoms with Gasteiger partial charge in [0, 0.05) is 34.5 Å². The monoisotopic (exact) mass is 429 g/mol. The van der Waals surface area contributed by atoms with Gasteiger partial charge in [0.05, 0.1) is 6.42 Å². The van der Waals surface area contributed by atoms with Crippen LogP contribution in [0.4, 0.5) is 24.5 Å². The molecule has 0 heterocycles. The lowest BCUT2D eigenvalue weighted by atomic mass is 9.76. The number of carboxylic acid groups (broad SMARTS) is 1. The lowest BCUT2D eigenvalue weighted by molar-refractivity contribution is -0.215. The molecule has 2 rings (SSSR count). The van der Waals surface area contributed by atoms with Gasteiger partial charge < -0.3 is 15.2 Å². The van der Waals surface area contributed by atoms with E-state index in [9.17, 15) is 23.1 Å². The molecule has 2 atom stereocenters. The molecular formula is C21H23ClF3NO3. The van der Waals surface area contributed by atoms with Crippen molar-refractivity contribution >= 4 is 28.9 Å². The van der Waals surface area contributed by atoms with Crippen LogP contribution >= 0.6 is 11.6 Å². The van der Waals surface area contributed by atoms with E-state index in [4.69, 9.17) is 16.3 Å². The van der Waals surface area contributed by atoms with Crippen LogP contribution in [0, 0.1) is 0 Å². The maximum Gasteiger partial charge on any atom is 0.418 e. The van der Waals surface area contributed by atoms with Gasteiger partial charge in [0.25, 0.3) is 0 Å². The molecule has 2 aromatic carbocycles. The third-order valence-electron chi connectivity index (χ3n) is 5.01. The molecule has 2 N–H and O–H groups in total. The highest BCUT2D eigenvalue weighted by molar-refractivity contribution is 6.30. The summed E-state index contributed by atoms with van der Waals surface area (Å²) < 4.78 is 45.2. The topological polar surface area (TPSA) is 58.6 Å². The summed E-state index contributed by atoms with van der Waals surface area (Å²) in [6.45, 7) is 3.62. The van der Waals surface area contributed by atoms with E-state index in [-0.39, 0.29) is 17.7 Å². The Morgan fingerprint density at radius 2 is 1.83 bits per heavy atom. The average Bonchev–Trinajstić information content (AvgIpc) is 2.63. The van der Waals surface area contributed by atoms with Crippen LogP contribution in [0.15, 0.2) is 42.5 Å². The molecular weight excluding hydrogens is 407 g/mol. The smallest absolute Gasteiger partial charge is 0.418 e. The molecule has 158 valence electrons. The van der Waals surface area contributed by atoms with Crippen LogP contribution in [0.3, 0.4) is 0 Å². The van der Waals surface area contributed by atoms with E-state index in [1.54, 1.807) is 37.3 Å². The minimum absolute atomic E-state index is 0.0903. The first-order chi connectivity index (χ1) is 13.5. The van der Waals surface area contributed by atoms with E-state index in [1.807, 2.05) is 6.92 Å². The van der Waals surface area contributed by atoms with Crippen LogP contribution < -0.4 is 5.32 Å². The van der Waals surface area contributed by atoms with Gasteiger partial charge in [-0.15, -0.1) is 0 Å². The Labute approximate surface area is 172 Å². The van der Waals surface area contributed by atoms with Crippen molar-refractivity contribution in [2.45, 2.75) is 44.4 Å². The number of anilines is 2. The number of benzene rings is 2. The zero-order chi connectivity index (χ0) is 21.8. The number of alkyl halides is 3. The van der Waals surface area contributed by atoms with Crippen molar-refractivity contribution in [3.05, 3.63) is 58.6 Å². The van der Waals surface area contributed by atoms with E-state index in [0.717, 1.165) is 7.11 Å². The van der Waals surface area contributed by atoms with Crippen LogP contribution in [-0.4, -0.2) is 24.4 Å². The van der Waals surface area contributed by atoms with Gasteiger partial charge in [-0.25, -0.2) is 0 Å². The van der Waals surface area contributed by atoms with Gasteiger partial charge in [0.2, 0.25) is 0 Å². The van der Waals surface area contributed by atoms with E-state index in [2.05, 4.69) is 5.32 Å². The lowest BCUT2D eigenvalue weighted by Gasteiger charge is -2.29. The molecule has 0 radical (unpaired) electrons. The Morgan fingerprint density at radius 3 is 2.31 bits per heavy atom.